The summed E-state index contributed by atoms with van der Waals surface area (Å²) >= 11 is 5.68. The predicted molar refractivity (Wildman–Crippen MR) is 65.0 cm³/mol. The summed E-state index contributed by atoms with van der Waals surface area (Å²) in [5.41, 5.74) is 0.0235. The van der Waals surface area contributed by atoms with Gasteiger partial charge in [0.2, 0.25) is 0 Å². The number of carbonyl (C=O) groups is 2. The summed E-state index contributed by atoms with van der Waals surface area (Å²) in [6, 6.07) is 3.27. The van der Waals surface area contributed by atoms with E-state index in [0.717, 1.165) is 12.1 Å². The Labute approximate surface area is 109 Å². The van der Waals surface area contributed by atoms with Crippen LogP contribution in [0.15, 0.2) is 18.2 Å². The minimum absolute atomic E-state index is 0.0235. The zero-order chi connectivity index (χ0) is 13.7. The zero-order valence-electron chi connectivity index (χ0n) is 10.00. The first-order valence-electron chi connectivity index (χ1n) is 5.31. The third-order valence-electron chi connectivity index (χ3n) is 1.94. The van der Waals surface area contributed by atoms with E-state index in [9.17, 15) is 14.0 Å². The molecule has 0 aliphatic carbocycles. The highest BCUT2D eigenvalue weighted by atomic mass is 35.5. The van der Waals surface area contributed by atoms with E-state index >= 15 is 0 Å². The van der Waals surface area contributed by atoms with Crippen LogP contribution in [0.2, 0.25) is 5.02 Å². The Bertz CT molecular complexity index is 463. The Morgan fingerprint density at radius 2 is 2.11 bits per heavy atom. The van der Waals surface area contributed by atoms with Crippen molar-refractivity contribution in [3.05, 3.63) is 34.6 Å². The van der Waals surface area contributed by atoms with Gasteiger partial charge in [-0.3, -0.25) is 4.79 Å². The van der Waals surface area contributed by atoms with Crippen LogP contribution in [0.5, 0.6) is 0 Å². The molecular weight excluding hydrogens is 261 g/mol. The number of benzene rings is 1. The molecule has 0 radical (unpaired) electrons. The molecule has 0 saturated heterocycles. The summed E-state index contributed by atoms with van der Waals surface area (Å²) in [5.74, 6) is -1.72. The molecule has 0 fully saturated rings. The van der Waals surface area contributed by atoms with Crippen molar-refractivity contribution in [2.75, 3.05) is 6.61 Å². The number of rotatable bonds is 4. The monoisotopic (exact) mass is 273 g/mol. The van der Waals surface area contributed by atoms with Crippen LogP contribution < -0.4 is 5.32 Å². The van der Waals surface area contributed by atoms with Gasteiger partial charge in [0.1, 0.15) is 5.82 Å². The second-order valence-electron chi connectivity index (χ2n) is 3.92. The summed E-state index contributed by atoms with van der Waals surface area (Å²) in [4.78, 5) is 22.8. The van der Waals surface area contributed by atoms with E-state index in [0.29, 0.717) is 0 Å². The first-order chi connectivity index (χ1) is 8.40. The number of carbonyl (C=O) groups excluding carboxylic acids is 2. The van der Waals surface area contributed by atoms with Gasteiger partial charge in [0.05, 0.1) is 10.6 Å². The Kier molecular flexibility index (Phi) is 5.09. The van der Waals surface area contributed by atoms with E-state index in [1.54, 1.807) is 13.8 Å². The fraction of sp³-hybridized carbons (Fsp3) is 0.333. The van der Waals surface area contributed by atoms with Crippen LogP contribution in [0.25, 0.3) is 0 Å². The SMILES string of the molecule is CC(C)NC(=O)COC(=O)c1ccc(F)cc1Cl. The normalized spacial score (nSPS) is 10.3. The van der Waals surface area contributed by atoms with Crippen LogP contribution in [0, 0.1) is 5.82 Å². The van der Waals surface area contributed by atoms with Crippen LogP contribution >= 0.6 is 11.6 Å². The second-order valence-corrected chi connectivity index (χ2v) is 4.33. The minimum atomic E-state index is -0.765. The third-order valence-corrected chi connectivity index (χ3v) is 2.25. The van der Waals surface area contributed by atoms with Crippen LogP contribution in [-0.4, -0.2) is 24.5 Å². The van der Waals surface area contributed by atoms with Gasteiger partial charge in [-0.25, -0.2) is 9.18 Å². The molecule has 6 heteroatoms. The van der Waals surface area contributed by atoms with Crippen molar-refractivity contribution < 1.29 is 18.7 Å². The lowest BCUT2D eigenvalue weighted by Gasteiger charge is -2.09. The molecule has 0 atom stereocenters. The van der Waals surface area contributed by atoms with Gasteiger partial charge in [-0.05, 0) is 32.0 Å². The Morgan fingerprint density at radius 3 is 2.67 bits per heavy atom. The average molecular weight is 274 g/mol. The molecule has 1 aromatic carbocycles. The van der Waals surface area contributed by atoms with Crippen LogP contribution in [0.1, 0.15) is 24.2 Å². The fourth-order valence-electron chi connectivity index (χ4n) is 1.23. The molecule has 0 aliphatic heterocycles. The molecular formula is C12H13ClFNO3. The first-order valence-corrected chi connectivity index (χ1v) is 5.69. The van der Waals surface area contributed by atoms with Gasteiger partial charge in [-0.15, -0.1) is 0 Å². The topological polar surface area (TPSA) is 55.4 Å². The number of nitrogens with one attached hydrogen (secondary N) is 1. The van der Waals surface area contributed by atoms with E-state index in [1.165, 1.54) is 6.07 Å². The van der Waals surface area contributed by atoms with Crippen molar-refractivity contribution in [2.24, 2.45) is 0 Å². The van der Waals surface area contributed by atoms with Crippen molar-refractivity contribution in [3.8, 4) is 0 Å². The van der Waals surface area contributed by atoms with Gasteiger partial charge in [-0.2, -0.15) is 0 Å². The number of hydrogen-bond acceptors (Lipinski definition) is 3. The summed E-state index contributed by atoms with van der Waals surface area (Å²) in [6.07, 6.45) is 0. The Morgan fingerprint density at radius 1 is 1.44 bits per heavy atom. The van der Waals surface area contributed by atoms with Crippen LogP contribution in [0.4, 0.5) is 4.39 Å². The highest BCUT2D eigenvalue weighted by molar-refractivity contribution is 6.33. The van der Waals surface area contributed by atoms with Gasteiger partial charge in [0.15, 0.2) is 6.61 Å². The lowest BCUT2D eigenvalue weighted by molar-refractivity contribution is -0.124. The standard InChI is InChI=1S/C12H13ClFNO3/c1-7(2)15-11(16)6-18-12(17)9-4-3-8(14)5-10(9)13/h3-5,7H,6H2,1-2H3,(H,15,16). The molecule has 18 heavy (non-hydrogen) atoms. The van der Waals surface area contributed by atoms with Crippen molar-refractivity contribution >= 4 is 23.5 Å². The number of halogens is 2. The van der Waals surface area contributed by atoms with Gasteiger partial charge < -0.3 is 10.1 Å². The van der Waals surface area contributed by atoms with E-state index in [2.05, 4.69) is 5.32 Å². The lowest BCUT2D eigenvalue weighted by atomic mass is 10.2. The average Bonchev–Trinajstić information content (AvgIpc) is 2.25. The van der Waals surface area contributed by atoms with Crippen molar-refractivity contribution in [2.45, 2.75) is 19.9 Å². The quantitative estimate of drug-likeness (QED) is 0.856. The molecule has 0 aliphatic rings. The van der Waals surface area contributed by atoms with Crippen molar-refractivity contribution in [1.82, 2.24) is 5.32 Å². The number of hydrogen-bond donors (Lipinski definition) is 1. The highest BCUT2D eigenvalue weighted by Gasteiger charge is 2.14. The Balaban J connectivity index is 2.58. The lowest BCUT2D eigenvalue weighted by Crippen LogP contribution is -2.34. The van der Waals surface area contributed by atoms with E-state index in [-0.39, 0.29) is 16.6 Å². The number of ether oxygens (including phenoxy) is 1. The summed E-state index contributed by atoms with van der Waals surface area (Å²) in [6.45, 7) is 3.18. The largest absolute Gasteiger partial charge is 0.452 e. The molecule has 1 amide bonds. The molecule has 1 aromatic rings. The summed E-state index contributed by atoms with van der Waals surface area (Å²) in [5, 5.41) is 2.51. The van der Waals surface area contributed by atoms with Gasteiger partial charge in [0.25, 0.3) is 5.91 Å². The maximum absolute atomic E-state index is 12.8. The van der Waals surface area contributed by atoms with E-state index in [4.69, 9.17) is 16.3 Å². The molecule has 0 heterocycles. The molecule has 0 bridgehead atoms. The molecule has 1 rings (SSSR count). The summed E-state index contributed by atoms with van der Waals surface area (Å²) in [7, 11) is 0. The maximum Gasteiger partial charge on any atom is 0.340 e. The number of esters is 1. The highest BCUT2D eigenvalue weighted by Crippen LogP contribution is 2.17. The third kappa shape index (κ3) is 4.33. The molecule has 0 spiro atoms. The summed E-state index contributed by atoms with van der Waals surface area (Å²) < 4.78 is 17.5. The van der Waals surface area contributed by atoms with Crippen LogP contribution in [0.3, 0.4) is 0 Å². The minimum Gasteiger partial charge on any atom is -0.452 e. The molecule has 98 valence electrons. The molecule has 0 aromatic heterocycles. The number of amides is 1. The second kappa shape index (κ2) is 6.35. The smallest absolute Gasteiger partial charge is 0.340 e. The maximum atomic E-state index is 12.8. The van der Waals surface area contributed by atoms with Gasteiger partial charge in [-0.1, -0.05) is 11.6 Å². The zero-order valence-corrected chi connectivity index (χ0v) is 10.8. The first kappa shape index (κ1) is 14.4. The van der Waals surface area contributed by atoms with Crippen molar-refractivity contribution in [1.29, 1.82) is 0 Å². The van der Waals surface area contributed by atoms with Crippen LogP contribution in [-0.2, 0) is 9.53 Å². The van der Waals surface area contributed by atoms with E-state index < -0.39 is 24.3 Å². The van der Waals surface area contributed by atoms with Gasteiger partial charge >= 0.3 is 5.97 Å². The molecule has 0 saturated carbocycles. The fourth-order valence-corrected chi connectivity index (χ4v) is 1.47. The Hall–Kier alpha value is -1.62. The molecule has 4 nitrogen and oxygen atoms in total. The van der Waals surface area contributed by atoms with E-state index in [1.807, 2.05) is 0 Å². The van der Waals surface area contributed by atoms with Crippen molar-refractivity contribution in [3.63, 3.8) is 0 Å². The molecule has 0 unspecified atom stereocenters. The molecule has 1 N–H and O–H groups in total. The van der Waals surface area contributed by atoms with Gasteiger partial charge in [0, 0.05) is 6.04 Å². The predicted octanol–water partition coefficient (Wildman–Crippen LogP) is 2.16.